The van der Waals surface area contributed by atoms with E-state index in [1.807, 2.05) is 20.8 Å². The van der Waals surface area contributed by atoms with Crippen molar-refractivity contribution in [2.24, 2.45) is 0 Å². The highest BCUT2D eigenvalue weighted by atomic mass is 35.5. The number of halogens is 1. The van der Waals surface area contributed by atoms with E-state index in [1.54, 1.807) is 24.3 Å². The van der Waals surface area contributed by atoms with Crippen LogP contribution in [0.15, 0.2) is 41.3 Å². The SMILES string of the molecule is CC[C@H](C)NC(=O)c1cc(NS(=O)(=O)c2ccc(C)c(Cl)c2)ccc1N1CCNCC1. The first-order valence-electron chi connectivity index (χ1n) is 10.4. The number of piperazine rings is 1. The van der Waals surface area contributed by atoms with Crippen LogP contribution in [0.5, 0.6) is 0 Å². The Kier molecular flexibility index (Phi) is 7.46. The highest BCUT2D eigenvalue weighted by Gasteiger charge is 2.22. The standard InChI is InChI=1S/C22H29ClN4O3S/c1-4-16(3)25-22(28)19-13-17(6-8-21(19)27-11-9-24-10-12-27)26-31(29,30)18-7-5-15(2)20(23)14-18/h5-8,13-14,16,24,26H,4,9-12H2,1-3H3,(H,25,28)/t16-/m0/s1. The molecule has 0 radical (unpaired) electrons. The van der Waals surface area contributed by atoms with E-state index in [-0.39, 0.29) is 16.8 Å². The van der Waals surface area contributed by atoms with E-state index in [2.05, 4.69) is 20.3 Å². The van der Waals surface area contributed by atoms with Gasteiger partial charge in [0, 0.05) is 48.6 Å². The van der Waals surface area contributed by atoms with Gasteiger partial charge in [-0.15, -0.1) is 0 Å². The van der Waals surface area contributed by atoms with Crippen molar-refractivity contribution in [3.63, 3.8) is 0 Å². The minimum absolute atomic E-state index is 0.0124. The molecule has 1 aliphatic rings. The van der Waals surface area contributed by atoms with Gasteiger partial charge in [0.15, 0.2) is 0 Å². The molecule has 3 N–H and O–H groups in total. The summed E-state index contributed by atoms with van der Waals surface area (Å²) in [5.74, 6) is -0.220. The molecule has 3 rings (SSSR count). The number of carbonyl (C=O) groups is 1. The Morgan fingerprint density at radius 1 is 1.19 bits per heavy atom. The lowest BCUT2D eigenvalue weighted by molar-refractivity contribution is 0.0939. The van der Waals surface area contributed by atoms with Crippen LogP contribution in [-0.4, -0.2) is 46.5 Å². The molecule has 0 aromatic heterocycles. The number of nitrogens with one attached hydrogen (secondary N) is 3. The highest BCUT2D eigenvalue weighted by Crippen LogP contribution is 2.27. The summed E-state index contributed by atoms with van der Waals surface area (Å²) in [6, 6.07) is 9.69. The fraction of sp³-hybridized carbons (Fsp3) is 0.409. The fourth-order valence-electron chi connectivity index (χ4n) is 3.32. The second kappa shape index (κ2) is 9.89. The molecule has 0 bridgehead atoms. The second-order valence-corrected chi connectivity index (χ2v) is 9.86. The van der Waals surface area contributed by atoms with E-state index in [4.69, 9.17) is 11.6 Å². The van der Waals surface area contributed by atoms with Crippen molar-refractivity contribution >= 4 is 38.9 Å². The Bertz CT molecular complexity index is 1050. The maximum atomic E-state index is 13.0. The van der Waals surface area contributed by atoms with Gasteiger partial charge in [-0.25, -0.2) is 8.42 Å². The van der Waals surface area contributed by atoms with Crippen LogP contribution < -0.4 is 20.3 Å². The van der Waals surface area contributed by atoms with Crippen molar-refractivity contribution in [2.75, 3.05) is 35.8 Å². The van der Waals surface area contributed by atoms with Gasteiger partial charge in [-0.3, -0.25) is 9.52 Å². The Balaban J connectivity index is 1.94. The summed E-state index contributed by atoms with van der Waals surface area (Å²) in [4.78, 5) is 15.2. The number of benzene rings is 2. The zero-order valence-corrected chi connectivity index (χ0v) is 19.6. The lowest BCUT2D eigenvalue weighted by Crippen LogP contribution is -2.44. The van der Waals surface area contributed by atoms with Crippen LogP contribution in [0.1, 0.15) is 36.2 Å². The molecule has 2 aromatic rings. The van der Waals surface area contributed by atoms with Gasteiger partial charge in [-0.1, -0.05) is 24.6 Å². The molecule has 1 atom stereocenters. The maximum absolute atomic E-state index is 13.0. The zero-order valence-electron chi connectivity index (χ0n) is 18.0. The summed E-state index contributed by atoms with van der Waals surface area (Å²) in [5.41, 5.74) is 2.36. The number of anilines is 2. The summed E-state index contributed by atoms with van der Waals surface area (Å²) in [6.45, 7) is 8.95. The molecule has 168 valence electrons. The number of sulfonamides is 1. The Hall–Kier alpha value is -2.29. The first-order valence-corrected chi connectivity index (χ1v) is 12.3. The molecule has 0 spiro atoms. The number of carbonyl (C=O) groups excluding carboxylic acids is 1. The smallest absolute Gasteiger partial charge is 0.261 e. The predicted octanol–water partition coefficient (Wildman–Crippen LogP) is 3.39. The van der Waals surface area contributed by atoms with Gasteiger partial charge in [-0.2, -0.15) is 0 Å². The first kappa shape index (κ1) is 23.4. The Morgan fingerprint density at radius 2 is 1.90 bits per heavy atom. The molecule has 1 heterocycles. The third-order valence-corrected chi connectivity index (χ3v) is 7.18. The van der Waals surface area contributed by atoms with Crippen LogP contribution in [0, 0.1) is 6.92 Å². The number of hydrogen-bond donors (Lipinski definition) is 3. The highest BCUT2D eigenvalue weighted by molar-refractivity contribution is 7.92. The van der Waals surface area contributed by atoms with E-state index < -0.39 is 10.0 Å². The maximum Gasteiger partial charge on any atom is 0.261 e. The Labute approximate surface area is 189 Å². The molecular formula is C22H29ClN4O3S. The topological polar surface area (TPSA) is 90.5 Å². The molecule has 1 fully saturated rings. The van der Waals surface area contributed by atoms with Crippen molar-refractivity contribution < 1.29 is 13.2 Å². The number of rotatable bonds is 7. The van der Waals surface area contributed by atoms with Gasteiger partial charge in [0.05, 0.1) is 10.5 Å². The third kappa shape index (κ3) is 5.70. The average molecular weight is 465 g/mol. The van der Waals surface area contributed by atoms with Crippen molar-refractivity contribution in [3.8, 4) is 0 Å². The van der Waals surface area contributed by atoms with Gasteiger partial charge in [-0.05, 0) is 56.2 Å². The predicted molar refractivity (Wildman–Crippen MR) is 126 cm³/mol. The summed E-state index contributed by atoms with van der Waals surface area (Å²) >= 11 is 6.10. The molecule has 1 saturated heterocycles. The van der Waals surface area contributed by atoms with Crippen LogP contribution in [0.25, 0.3) is 0 Å². The normalized spacial score (nSPS) is 15.4. The summed E-state index contributed by atoms with van der Waals surface area (Å²) in [5, 5.41) is 6.66. The lowest BCUT2D eigenvalue weighted by atomic mass is 10.1. The zero-order chi connectivity index (χ0) is 22.6. The molecule has 2 aromatic carbocycles. The number of amides is 1. The third-order valence-electron chi connectivity index (χ3n) is 5.39. The van der Waals surface area contributed by atoms with Gasteiger partial charge in [0.2, 0.25) is 0 Å². The number of hydrogen-bond acceptors (Lipinski definition) is 5. The lowest BCUT2D eigenvalue weighted by Gasteiger charge is -2.31. The molecule has 7 nitrogen and oxygen atoms in total. The average Bonchev–Trinajstić information content (AvgIpc) is 2.75. The van der Waals surface area contributed by atoms with E-state index >= 15 is 0 Å². The molecule has 1 amide bonds. The van der Waals surface area contributed by atoms with Crippen molar-refractivity contribution in [3.05, 3.63) is 52.5 Å². The molecule has 0 saturated carbocycles. The van der Waals surface area contributed by atoms with Crippen LogP contribution in [0.2, 0.25) is 5.02 Å². The summed E-state index contributed by atoms with van der Waals surface area (Å²) in [6.07, 6.45) is 0.801. The summed E-state index contributed by atoms with van der Waals surface area (Å²) in [7, 11) is -3.85. The molecular weight excluding hydrogens is 436 g/mol. The number of aryl methyl sites for hydroxylation is 1. The fourth-order valence-corrected chi connectivity index (χ4v) is 4.64. The monoisotopic (exact) mass is 464 g/mol. The first-order chi connectivity index (χ1) is 14.7. The van der Waals surface area contributed by atoms with Crippen LogP contribution in [-0.2, 0) is 10.0 Å². The second-order valence-electron chi connectivity index (χ2n) is 7.77. The van der Waals surface area contributed by atoms with E-state index in [1.165, 1.54) is 12.1 Å². The van der Waals surface area contributed by atoms with E-state index in [0.717, 1.165) is 43.9 Å². The molecule has 9 heteroatoms. The minimum atomic E-state index is -3.85. The number of nitrogens with zero attached hydrogens (tertiary/aromatic N) is 1. The molecule has 1 aliphatic heterocycles. The van der Waals surface area contributed by atoms with Crippen LogP contribution in [0.4, 0.5) is 11.4 Å². The van der Waals surface area contributed by atoms with E-state index in [9.17, 15) is 13.2 Å². The van der Waals surface area contributed by atoms with Gasteiger partial charge < -0.3 is 15.5 Å². The van der Waals surface area contributed by atoms with Crippen LogP contribution in [0.3, 0.4) is 0 Å². The largest absolute Gasteiger partial charge is 0.368 e. The molecule has 0 unspecified atom stereocenters. The van der Waals surface area contributed by atoms with Gasteiger partial charge in [0.25, 0.3) is 15.9 Å². The van der Waals surface area contributed by atoms with Crippen molar-refractivity contribution in [1.82, 2.24) is 10.6 Å². The van der Waals surface area contributed by atoms with Gasteiger partial charge >= 0.3 is 0 Å². The summed E-state index contributed by atoms with van der Waals surface area (Å²) < 4.78 is 28.3. The van der Waals surface area contributed by atoms with Crippen LogP contribution >= 0.6 is 11.6 Å². The molecule has 0 aliphatic carbocycles. The Morgan fingerprint density at radius 3 is 2.55 bits per heavy atom. The quantitative estimate of drug-likeness (QED) is 0.584. The van der Waals surface area contributed by atoms with Crippen molar-refractivity contribution in [1.29, 1.82) is 0 Å². The minimum Gasteiger partial charge on any atom is -0.368 e. The van der Waals surface area contributed by atoms with Crippen molar-refractivity contribution in [2.45, 2.75) is 38.1 Å². The van der Waals surface area contributed by atoms with Gasteiger partial charge in [0.1, 0.15) is 0 Å². The molecule has 31 heavy (non-hydrogen) atoms. The van der Waals surface area contributed by atoms with E-state index in [0.29, 0.717) is 16.3 Å².